The van der Waals surface area contributed by atoms with Crippen LogP contribution in [0.2, 0.25) is 5.02 Å². The highest BCUT2D eigenvalue weighted by molar-refractivity contribution is 6.30. The maximum atomic E-state index is 13.5. The second-order valence-electron chi connectivity index (χ2n) is 3.84. The molecule has 2 rings (SSSR count). The summed E-state index contributed by atoms with van der Waals surface area (Å²) in [6.45, 7) is 0.439. The molecule has 0 heterocycles. The van der Waals surface area contributed by atoms with Crippen LogP contribution in [0, 0.1) is 5.82 Å². The summed E-state index contributed by atoms with van der Waals surface area (Å²) in [5.41, 5.74) is 6.82. The molecule has 0 radical (unpaired) electrons. The average molecular weight is 266 g/mol. The fraction of sp³-hybridized carbons (Fsp3) is 0.143. The van der Waals surface area contributed by atoms with Crippen molar-refractivity contribution in [3.8, 4) is 5.75 Å². The van der Waals surface area contributed by atoms with Crippen LogP contribution in [0.1, 0.15) is 11.1 Å². The Morgan fingerprint density at radius 2 is 1.94 bits per heavy atom. The molecule has 0 aliphatic heterocycles. The van der Waals surface area contributed by atoms with Crippen LogP contribution in [0.3, 0.4) is 0 Å². The fourth-order valence-corrected chi connectivity index (χ4v) is 1.87. The first kappa shape index (κ1) is 12.9. The normalized spacial score (nSPS) is 10.4. The van der Waals surface area contributed by atoms with Crippen molar-refractivity contribution in [3.63, 3.8) is 0 Å². The maximum Gasteiger partial charge on any atom is 0.131 e. The van der Waals surface area contributed by atoms with Gasteiger partial charge in [-0.1, -0.05) is 29.8 Å². The zero-order valence-corrected chi connectivity index (χ0v) is 10.5. The van der Waals surface area contributed by atoms with E-state index < -0.39 is 0 Å². The summed E-state index contributed by atoms with van der Waals surface area (Å²) in [6.07, 6.45) is 0. The largest absolute Gasteiger partial charge is 0.488 e. The minimum absolute atomic E-state index is 0.109. The number of halogens is 2. The fourth-order valence-electron chi connectivity index (χ4n) is 1.66. The van der Waals surface area contributed by atoms with Gasteiger partial charge in [0.05, 0.1) is 0 Å². The quantitative estimate of drug-likeness (QED) is 0.918. The second-order valence-corrected chi connectivity index (χ2v) is 4.28. The lowest BCUT2D eigenvalue weighted by Gasteiger charge is -2.11. The maximum absolute atomic E-state index is 13.5. The predicted molar refractivity (Wildman–Crippen MR) is 70.1 cm³/mol. The highest BCUT2D eigenvalue weighted by atomic mass is 35.5. The molecular formula is C14H13ClFNO. The first-order valence-electron chi connectivity index (χ1n) is 5.55. The summed E-state index contributed by atoms with van der Waals surface area (Å²) in [6, 6.07) is 12.0. The van der Waals surface area contributed by atoms with Crippen LogP contribution in [0.25, 0.3) is 0 Å². The second kappa shape index (κ2) is 5.85. The molecule has 0 unspecified atom stereocenters. The van der Waals surface area contributed by atoms with Gasteiger partial charge >= 0.3 is 0 Å². The molecule has 18 heavy (non-hydrogen) atoms. The molecule has 94 valence electrons. The van der Waals surface area contributed by atoms with Crippen LogP contribution in [-0.2, 0) is 13.2 Å². The lowest BCUT2D eigenvalue weighted by molar-refractivity contribution is 0.301. The van der Waals surface area contributed by atoms with Gasteiger partial charge in [-0.3, -0.25) is 0 Å². The van der Waals surface area contributed by atoms with E-state index >= 15 is 0 Å². The molecule has 0 amide bonds. The molecule has 0 aromatic heterocycles. The molecule has 2 N–H and O–H groups in total. The Labute approximate surface area is 110 Å². The van der Waals surface area contributed by atoms with E-state index in [1.54, 1.807) is 18.2 Å². The van der Waals surface area contributed by atoms with Crippen LogP contribution in [0.4, 0.5) is 4.39 Å². The van der Waals surface area contributed by atoms with Gasteiger partial charge in [-0.05, 0) is 29.8 Å². The zero-order chi connectivity index (χ0) is 13.0. The summed E-state index contributed by atoms with van der Waals surface area (Å²) in [5.74, 6) is 0.124. The minimum atomic E-state index is -0.346. The van der Waals surface area contributed by atoms with Gasteiger partial charge in [0, 0.05) is 17.1 Å². The van der Waals surface area contributed by atoms with Crippen molar-refractivity contribution in [3.05, 3.63) is 64.4 Å². The van der Waals surface area contributed by atoms with Crippen LogP contribution >= 0.6 is 11.6 Å². The smallest absolute Gasteiger partial charge is 0.131 e. The zero-order valence-electron chi connectivity index (χ0n) is 9.70. The lowest BCUT2D eigenvalue weighted by Crippen LogP contribution is -2.05. The Morgan fingerprint density at radius 3 is 2.67 bits per heavy atom. The average Bonchev–Trinajstić information content (AvgIpc) is 2.36. The third-order valence-corrected chi connectivity index (χ3v) is 2.80. The third kappa shape index (κ3) is 3.00. The Hall–Kier alpha value is -1.58. The van der Waals surface area contributed by atoms with Crippen molar-refractivity contribution in [2.75, 3.05) is 0 Å². The van der Waals surface area contributed by atoms with E-state index in [0.717, 1.165) is 5.56 Å². The molecule has 0 saturated carbocycles. The molecule has 2 aromatic rings. The van der Waals surface area contributed by atoms with E-state index in [9.17, 15) is 4.39 Å². The first-order chi connectivity index (χ1) is 8.70. The highest BCUT2D eigenvalue weighted by Gasteiger charge is 2.07. The first-order valence-corrected chi connectivity index (χ1v) is 5.93. The summed E-state index contributed by atoms with van der Waals surface area (Å²) in [7, 11) is 0. The molecular weight excluding hydrogens is 253 g/mol. The molecule has 2 aromatic carbocycles. The van der Waals surface area contributed by atoms with E-state index in [1.165, 1.54) is 6.07 Å². The van der Waals surface area contributed by atoms with Gasteiger partial charge in [-0.2, -0.15) is 0 Å². The number of benzene rings is 2. The van der Waals surface area contributed by atoms with Crippen molar-refractivity contribution in [1.82, 2.24) is 0 Å². The Bertz CT molecular complexity index is 545. The number of hydrogen-bond acceptors (Lipinski definition) is 2. The van der Waals surface area contributed by atoms with E-state index in [2.05, 4.69) is 0 Å². The summed E-state index contributed by atoms with van der Waals surface area (Å²) >= 11 is 5.87. The molecule has 0 bridgehead atoms. The summed E-state index contributed by atoms with van der Waals surface area (Å²) in [4.78, 5) is 0. The van der Waals surface area contributed by atoms with Crippen molar-refractivity contribution >= 4 is 11.6 Å². The van der Waals surface area contributed by atoms with Crippen LogP contribution in [-0.4, -0.2) is 0 Å². The molecule has 0 atom stereocenters. The topological polar surface area (TPSA) is 35.2 Å². The van der Waals surface area contributed by atoms with E-state index in [1.807, 2.05) is 18.2 Å². The van der Waals surface area contributed by atoms with Crippen molar-refractivity contribution in [2.45, 2.75) is 13.2 Å². The van der Waals surface area contributed by atoms with Gasteiger partial charge < -0.3 is 10.5 Å². The number of nitrogens with two attached hydrogens (primary N) is 1. The van der Waals surface area contributed by atoms with Gasteiger partial charge in [0.1, 0.15) is 18.2 Å². The van der Waals surface area contributed by atoms with Gasteiger partial charge in [0.25, 0.3) is 0 Å². The number of ether oxygens (including phenoxy) is 1. The lowest BCUT2D eigenvalue weighted by atomic mass is 10.2. The molecule has 0 fully saturated rings. The molecule has 4 heteroatoms. The molecule has 0 saturated heterocycles. The van der Waals surface area contributed by atoms with Crippen LogP contribution in [0.5, 0.6) is 5.75 Å². The van der Waals surface area contributed by atoms with Gasteiger partial charge in [-0.25, -0.2) is 4.39 Å². The Kier molecular flexibility index (Phi) is 4.18. The van der Waals surface area contributed by atoms with Crippen LogP contribution in [0.15, 0.2) is 42.5 Å². The Balaban J connectivity index is 2.13. The summed E-state index contributed by atoms with van der Waals surface area (Å²) < 4.78 is 19.0. The van der Waals surface area contributed by atoms with Crippen molar-refractivity contribution in [1.29, 1.82) is 0 Å². The molecule has 0 aliphatic carbocycles. The molecule has 0 aliphatic rings. The SMILES string of the molecule is NCc1c(F)cccc1OCc1cccc(Cl)c1. The van der Waals surface area contributed by atoms with Gasteiger partial charge in [0.15, 0.2) is 0 Å². The van der Waals surface area contributed by atoms with Crippen molar-refractivity contribution < 1.29 is 9.13 Å². The van der Waals surface area contributed by atoms with Crippen LogP contribution < -0.4 is 10.5 Å². The van der Waals surface area contributed by atoms with E-state index in [4.69, 9.17) is 22.1 Å². The Morgan fingerprint density at radius 1 is 1.17 bits per heavy atom. The number of rotatable bonds is 4. The number of hydrogen-bond donors (Lipinski definition) is 1. The monoisotopic (exact) mass is 265 g/mol. The van der Waals surface area contributed by atoms with Gasteiger partial charge in [0.2, 0.25) is 0 Å². The summed E-state index contributed by atoms with van der Waals surface area (Å²) in [5, 5.41) is 0.648. The minimum Gasteiger partial charge on any atom is -0.488 e. The van der Waals surface area contributed by atoms with E-state index in [0.29, 0.717) is 22.9 Å². The molecule has 2 nitrogen and oxygen atoms in total. The van der Waals surface area contributed by atoms with Gasteiger partial charge in [-0.15, -0.1) is 0 Å². The highest BCUT2D eigenvalue weighted by Crippen LogP contribution is 2.22. The predicted octanol–water partition coefficient (Wildman–Crippen LogP) is 3.52. The molecule has 0 spiro atoms. The van der Waals surface area contributed by atoms with E-state index in [-0.39, 0.29) is 12.4 Å². The van der Waals surface area contributed by atoms with Crippen molar-refractivity contribution in [2.24, 2.45) is 5.73 Å². The standard InChI is InChI=1S/C14H13ClFNO/c15-11-4-1-3-10(7-11)9-18-14-6-2-5-13(16)12(14)8-17/h1-7H,8-9,17H2. The third-order valence-electron chi connectivity index (χ3n) is 2.56.